The summed E-state index contributed by atoms with van der Waals surface area (Å²) in [6, 6.07) is 14.0. The maximum atomic E-state index is 12.4. The molecule has 2 heterocycles. The van der Waals surface area contributed by atoms with Crippen molar-refractivity contribution >= 4 is 17.4 Å². The van der Waals surface area contributed by atoms with Gasteiger partial charge in [-0.05, 0) is 42.8 Å². The molecule has 0 saturated carbocycles. The Morgan fingerprint density at radius 3 is 2.49 bits per heavy atom. The van der Waals surface area contributed by atoms with E-state index in [1.165, 1.54) is 30.6 Å². The number of nitrogens with one attached hydrogen (secondary N) is 2. The third-order valence-corrected chi connectivity index (χ3v) is 4.91. The van der Waals surface area contributed by atoms with Gasteiger partial charge in [0.05, 0.1) is 12.0 Å². The summed E-state index contributed by atoms with van der Waals surface area (Å²) in [5.41, 5.74) is 2.46. The molecule has 2 aromatic carbocycles. The zero-order valence-corrected chi connectivity index (χ0v) is 18.4. The van der Waals surface area contributed by atoms with Crippen molar-refractivity contribution in [1.82, 2.24) is 24.8 Å². The number of imidazole rings is 1. The molecule has 11 heteroatoms. The number of rotatable bonds is 9. The third kappa shape index (κ3) is 7.03. The first-order valence-electron chi connectivity index (χ1n) is 10.6. The van der Waals surface area contributed by atoms with E-state index in [4.69, 9.17) is 0 Å². The Bertz CT molecular complexity index is 1240. The number of hydrogen-bond donors (Lipinski definition) is 2. The lowest BCUT2D eigenvalue weighted by molar-refractivity contribution is -0.274. The molecular weight excluding hydrogens is 461 g/mol. The summed E-state index contributed by atoms with van der Waals surface area (Å²) in [5.74, 6) is -0.0156. The van der Waals surface area contributed by atoms with Gasteiger partial charge >= 0.3 is 6.36 Å². The minimum Gasteiger partial charge on any atom is -0.406 e. The molecule has 0 bridgehead atoms. The molecule has 0 fully saturated rings. The molecule has 4 rings (SSSR count). The quantitative estimate of drug-likeness (QED) is 0.333. The summed E-state index contributed by atoms with van der Waals surface area (Å²) in [7, 11) is 0. The van der Waals surface area contributed by atoms with Crippen molar-refractivity contribution in [3.05, 3.63) is 85.2 Å². The normalized spacial score (nSPS) is 11.2. The molecule has 0 aliphatic carbocycles. The summed E-state index contributed by atoms with van der Waals surface area (Å²) in [6.07, 6.45) is 2.74. The van der Waals surface area contributed by atoms with Crippen LogP contribution in [0, 0.1) is 0 Å². The van der Waals surface area contributed by atoms with E-state index in [2.05, 4.69) is 30.3 Å². The molecule has 4 aromatic rings. The van der Waals surface area contributed by atoms with E-state index in [-0.39, 0.29) is 11.7 Å². The van der Waals surface area contributed by atoms with Crippen LogP contribution in [0.1, 0.15) is 16.8 Å². The van der Waals surface area contributed by atoms with Crippen LogP contribution in [0.5, 0.6) is 5.75 Å². The molecule has 0 spiro atoms. The largest absolute Gasteiger partial charge is 0.573 e. The van der Waals surface area contributed by atoms with Crippen molar-refractivity contribution in [3.63, 3.8) is 0 Å². The van der Waals surface area contributed by atoms with Crippen molar-refractivity contribution in [1.29, 1.82) is 0 Å². The number of amides is 1. The first-order valence-corrected chi connectivity index (χ1v) is 10.6. The molecule has 0 radical (unpaired) electrons. The molecule has 8 nitrogen and oxygen atoms in total. The maximum absolute atomic E-state index is 12.4. The third-order valence-electron chi connectivity index (χ3n) is 4.91. The second kappa shape index (κ2) is 10.7. The zero-order chi connectivity index (χ0) is 24.7. The first kappa shape index (κ1) is 23.7. The minimum absolute atomic E-state index is 0.162. The van der Waals surface area contributed by atoms with Gasteiger partial charge in [-0.2, -0.15) is 0 Å². The molecule has 0 aliphatic rings. The fourth-order valence-corrected chi connectivity index (χ4v) is 3.25. The number of nitrogens with zero attached hydrogens (tertiary/aromatic N) is 4. The first-order chi connectivity index (χ1) is 16.9. The SMILES string of the molecule is O=C(NCCCn1ccnc1)c1ccc(-c2cc(Nc3ccc(OC(F)(F)F)cc3)ncn2)cc1. The highest BCUT2D eigenvalue weighted by Crippen LogP contribution is 2.26. The number of halogens is 3. The zero-order valence-electron chi connectivity index (χ0n) is 18.4. The van der Waals surface area contributed by atoms with Crippen molar-refractivity contribution in [2.45, 2.75) is 19.3 Å². The summed E-state index contributed by atoms with van der Waals surface area (Å²) in [6.45, 7) is 1.32. The molecule has 0 atom stereocenters. The summed E-state index contributed by atoms with van der Waals surface area (Å²) >= 11 is 0. The highest BCUT2D eigenvalue weighted by atomic mass is 19.4. The van der Waals surface area contributed by atoms with Crippen LogP contribution in [-0.2, 0) is 6.54 Å². The van der Waals surface area contributed by atoms with Gasteiger partial charge < -0.3 is 19.9 Å². The maximum Gasteiger partial charge on any atom is 0.573 e. The molecule has 180 valence electrons. The van der Waals surface area contributed by atoms with E-state index in [9.17, 15) is 18.0 Å². The van der Waals surface area contributed by atoms with Crippen molar-refractivity contribution < 1.29 is 22.7 Å². The van der Waals surface area contributed by atoms with E-state index in [0.29, 0.717) is 29.3 Å². The Morgan fingerprint density at radius 1 is 1.03 bits per heavy atom. The Balaban J connectivity index is 1.33. The Morgan fingerprint density at radius 2 is 1.80 bits per heavy atom. The minimum atomic E-state index is -4.74. The highest BCUT2D eigenvalue weighted by molar-refractivity contribution is 5.94. The van der Waals surface area contributed by atoms with Crippen LogP contribution in [0.3, 0.4) is 0 Å². The predicted molar refractivity (Wildman–Crippen MR) is 123 cm³/mol. The van der Waals surface area contributed by atoms with Crippen LogP contribution in [-0.4, -0.2) is 38.3 Å². The van der Waals surface area contributed by atoms with Gasteiger partial charge in [0, 0.05) is 48.4 Å². The van der Waals surface area contributed by atoms with Crippen LogP contribution < -0.4 is 15.4 Å². The van der Waals surface area contributed by atoms with Crippen LogP contribution >= 0.6 is 0 Å². The number of aromatic nitrogens is 4. The van der Waals surface area contributed by atoms with Crippen molar-refractivity contribution in [2.75, 3.05) is 11.9 Å². The van der Waals surface area contributed by atoms with Crippen molar-refractivity contribution in [2.24, 2.45) is 0 Å². The number of carbonyl (C=O) groups is 1. The van der Waals surface area contributed by atoms with Crippen molar-refractivity contribution in [3.8, 4) is 17.0 Å². The number of ether oxygens (including phenoxy) is 1. The smallest absolute Gasteiger partial charge is 0.406 e. The van der Waals surface area contributed by atoms with Gasteiger partial charge in [-0.25, -0.2) is 15.0 Å². The second-order valence-electron chi connectivity index (χ2n) is 7.47. The van der Waals surface area contributed by atoms with Gasteiger partial charge in [0.15, 0.2) is 0 Å². The lowest BCUT2D eigenvalue weighted by Gasteiger charge is -2.10. The van der Waals surface area contributed by atoms with Crippen LogP contribution in [0.2, 0.25) is 0 Å². The van der Waals surface area contributed by atoms with Gasteiger partial charge in [0.2, 0.25) is 0 Å². The molecule has 0 aliphatic heterocycles. The fourth-order valence-electron chi connectivity index (χ4n) is 3.25. The average molecular weight is 482 g/mol. The average Bonchev–Trinajstić information content (AvgIpc) is 3.36. The molecule has 0 saturated heterocycles. The number of anilines is 2. The van der Waals surface area contributed by atoms with Crippen LogP contribution in [0.25, 0.3) is 11.3 Å². The Hall–Kier alpha value is -4.41. The molecule has 35 heavy (non-hydrogen) atoms. The standard InChI is InChI=1S/C24H21F3N6O2/c25-24(26,27)35-20-8-6-19(7-9-20)32-22-14-21(30-15-31-22)17-2-4-18(5-3-17)23(34)29-10-1-12-33-13-11-28-16-33/h2-9,11,13-16H,1,10,12H2,(H,29,34)(H,30,31,32). The second-order valence-corrected chi connectivity index (χ2v) is 7.47. The Labute approximate surface area is 198 Å². The lowest BCUT2D eigenvalue weighted by atomic mass is 10.1. The molecular formula is C24H21F3N6O2. The molecule has 2 aromatic heterocycles. The highest BCUT2D eigenvalue weighted by Gasteiger charge is 2.30. The molecule has 0 unspecified atom stereocenters. The number of benzene rings is 2. The van der Waals surface area contributed by atoms with E-state index in [1.807, 2.05) is 10.8 Å². The van der Waals surface area contributed by atoms with Crippen LogP contribution in [0.15, 0.2) is 79.6 Å². The summed E-state index contributed by atoms with van der Waals surface area (Å²) in [4.78, 5) is 24.8. The number of aryl methyl sites for hydroxylation is 1. The van der Waals surface area contributed by atoms with Crippen LogP contribution in [0.4, 0.5) is 24.7 Å². The van der Waals surface area contributed by atoms with Gasteiger partial charge in [-0.15, -0.1) is 13.2 Å². The molecule has 2 N–H and O–H groups in total. The topological polar surface area (TPSA) is 94.0 Å². The number of carbonyl (C=O) groups excluding carboxylic acids is 1. The van der Waals surface area contributed by atoms with Gasteiger partial charge in [-0.1, -0.05) is 12.1 Å². The predicted octanol–water partition coefficient (Wildman–Crippen LogP) is 4.80. The fraction of sp³-hybridized carbons (Fsp3) is 0.167. The summed E-state index contributed by atoms with van der Waals surface area (Å²) < 4.78 is 42.7. The monoisotopic (exact) mass is 482 g/mol. The van der Waals surface area contributed by atoms with E-state index in [1.54, 1.807) is 42.9 Å². The number of hydrogen-bond acceptors (Lipinski definition) is 6. The summed E-state index contributed by atoms with van der Waals surface area (Å²) in [5, 5.41) is 5.91. The van der Waals surface area contributed by atoms with E-state index in [0.717, 1.165) is 18.5 Å². The van der Waals surface area contributed by atoms with E-state index < -0.39 is 6.36 Å². The van der Waals surface area contributed by atoms with Gasteiger partial charge in [0.1, 0.15) is 17.9 Å². The van der Waals surface area contributed by atoms with E-state index >= 15 is 0 Å². The van der Waals surface area contributed by atoms with Gasteiger partial charge in [0.25, 0.3) is 5.91 Å². The van der Waals surface area contributed by atoms with Gasteiger partial charge in [-0.3, -0.25) is 4.79 Å². The molecule has 1 amide bonds. The number of alkyl halides is 3. The Kier molecular flexibility index (Phi) is 7.24. The lowest BCUT2D eigenvalue weighted by Crippen LogP contribution is -2.25.